The predicted molar refractivity (Wildman–Crippen MR) is 53.7 cm³/mol. The second-order valence-corrected chi connectivity index (χ2v) is 3.73. The van der Waals surface area contributed by atoms with Gasteiger partial charge < -0.3 is 4.74 Å². The zero-order valence-corrected chi connectivity index (χ0v) is 8.58. The molecule has 0 saturated heterocycles. The molecule has 1 unspecified atom stereocenters. The van der Waals surface area contributed by atoms with Crippen LogP contribution in [0.3, 0.4) is 0 Å². The van der Waals surface area contributed by atoms with E-state index >= 15 is 0 Å². The van der Waals surface area contributed by atoms with Crippen molar-refractivity contribution in [3.8, 4) is 0 Å². The van der Waals surface area contributed by atoms with Crippen molar-refractivity contribution in [2.45, 2.75) is 19.7 Å². The first kappa shape index (κ1) is 11.0. The van der Waals surface area contributed by atoms with Gasteiger partial charge in [0.2, 0.25) is 0 Å². The van der Waals surface area contributed by atoms with E-state index in [1.807, 2.05) is 13.0 Å². The number of alkyl halides is 3. The van der Waals surface area contributed by atoms with Crippen LogP contribution < -0.4 is 0 Å². The molecule has 16 heavy (non-hydrogen) atoms. The number of hydrogen-bond donors (Lipinski definition) is 0. The van der Waals surface area contributed by atoms with Crippen LogP contribution in [-0.4, -0.2) is 12.6 Å². The van der Waals surface area contributed by atoms with Crippen molar-refractivity contribution in [1.29, 1.82) is 0 Å². The predicted octanol–water partition coefficient (Wildman–Crippen LogP) is 3.34. The van der Waals surface area contributed by atoms with E-state index in [9.17, 15) is 13.2 Å². The van der Waals surface area contributed by atoms with E-state index in [4.69, 9.17) is 0 Å². The molecule has 2 aliphatic rings. The molecule has 0 aromatic rings. The normalized spacial score (nSPS) is 24.2. The summed E-state index contributed by atoms with van der Waals surface area (Å²) in [5.74, 6) is -0.102. The van der Waals surface area contributed by atoms with Crippen molar-refractivity contribution >= 4 is 6.21 Å². The van der Waals surface area contributed by atoms with E-state index < -0.39 is 6.36 Å². The summed E-state index contributed by atoms with van der Waals surface area (Å²) >= 11 is 0. The number of rotatable bonds is 1. The number of aliphatic imine (C=N–C) groups is 1. The lowest BCUT2D eigenvalue weighted by atomic mass is 9.92. The van der Waals surface area contributed by atoms with Crippen LogP contribution in [0.5, 0.6) is 0 Å². The zero-order valence-electron chi connectivity index (χ0n) is 8.58. The zero-order chi connectivity index (χ0) is 11.8. The number of allylic oxidation sites excluding steroid dienone is 4. The van der Waals surface area contributed by atoms with Crippen LogP contribution >= 0.6 is 0 Å². The molecule has 0 amide bonds. The average molecular weight is 229 g/mol. The van der Waals surface area contributed by atoms with E-state index in [2.05, 4.69) is 9.73 Å². The fourth-order valence-corrected chi connectivity index (χ4v) is 1.70. The van der Waals surface area contributed by atoms with Crippen LogP contribution in [0, 0.1) is 5.92 Å². The van der Waals surface area contributed by atoms with Crippen LogP contribution in [0.4, 0.5) is 13.2 Å². The highest BCUT2D eigenvalue weighted by atomic mass is 19.4. The molecule has 0 bridgehead atoms. The van der Waals surface area contributed by atoms with Crippen molar-refractivity contribution in [2.75, 3.05) is 0 Å². The van der Waals surface area contributed by atoms with Gasteiger partial charge >= 0.3 is 6.36 Å². The number of dihydropyridines is 1. The molecule has 1 aliphatic carbocycles. The Morgan fingerprint density at radius 2 is 2.19 bits per heavy atom. The van der Waals surface area contributed by atoms with Crippen LogP contribution in [0.2, 0.25) is 0 Å². The van der Waals surface area contributed by atoms with E-state index in [-0.39, 0.29) is 11.7 Å². The first-order valence-corrected chi connectivity index (χ1v) is 4.84. The summed E-state index contributed by atoms with van der Waals surface area (Å²) in [5.41, 5.74) is 1.64. The van der Waals surface area contributed by atoms with E-state index in [0.717, 1.165) is 5.57 Å². The Hall–Kier alpha value is -1.52. The molecule has 0 saturated carbocycles. The lowest BCUT2D eigenvalue weighted by Crippen LogP contribution is -2.16. The van der Waals surface area contributed by atoms with Crippen LogP contribution in [0.1, 0.15) is 13.3 Å². The van der Waals surface area contributed by atoms with Gasteiger partial charge in [0.25, 0.3) is 0 Å². The van der Waals surface area contributed by atoms with Crippen molar-refractivity contribution in [3.05, 3.63) is 35.3 Å². The second kappa shape index (κ2) is 3.81. The Morgan fingerprint density at radius 3 is 2.88 bits per heavy atom. The summed E-state index contributed by atoms with van der Waals surface area (Å²) < 4.78 is 39.8. The lowest BCUT2D eigenvalue weighted by molar-refractivity contribution is -0.303. The van der Waals surface area contributed by atoms with Crippen molar-refractivity contribution in [1.82, 2.24) is 0 Å². The highest BCUT2D eigenvalue weighted by molar-refractivity contribution is 5.80. The second-order valence-electron chi connectivity index (χ2n) is 3.73. The van der Waals surface area contributed by atoms with E-state index in [1.165, 1.54) is 12.2 Å². The van der Waals surface area contributed by atoms with E-state index in [0.29, 0.717) is 12.1 Å². The van der Waals surface area contributed by atoms with Crippen molar-refractivity contribution in [2.24, 2.45) is 10.9 Å². The number of ether oxygens (including phenoxy) is 1. The highest BCUT2D eigenvalue weighted by Gasteiger charge is 2.32. The summed E-state index contributed by atoms with van der Waals surface area (Å²) in [6, 6.07) is 0. The minimum atomic E-state index is -4.64. The topological polar surface area (TPSA) is 21.6 Å². The summed E-state index contributed by atoms with van der Waals surface area (Å²) in [7, 11) is 0. The van der Waals surface area contributed by atoms with Gasteiger partial charge in [-0.3, -0.25) is 4.99 Å². The van der Waals surface area contributed by atoms with Gasteiger partial charge in [-0.1, -0.05) is 6.08 Å². The minimum Gasteiger partial charge on any atom is -0.406 e. The molecule has 0 aromatic carbocycles. The Bertz CT molecular complexity index is 415. The Morgan fingerprint density at radius 1 is 1.44 bits per heavy atom. The van der Waals surface area contributed by atoms with Gasteiger partial charge in [-0.2, -0.15) is 0 Å². The molecule has 0 radical (unpaired) electrons. The molecule has 2 rings (SSSR count). The molecule has 0 spiro atoms. The summed E-state index contributed by atoms with van der Waals surface area (Å²) in [5, 5.41) is 0. The molecule has 2 nitrogen and oxygen atoms in total. The Labute approximate surface area is 90.8 Å². The number of halogens is 3. The maximum atomic E-state index is 12.0. The van der Waals surface area contributed by atoms with Gasteiger partial charge in [0.1, 0.15) is 5.76 Å². The Kier molecular flexibility index (Phi) is 2.61. The first-order chi connectivity index (χ1) is 7.44. The third kappa shape index (κ3) is 2.53. The van der Waals surface area contributed by atoms with Gasteiger partial charge in [-0.15, -0.1) is 13.2 Å². The number of fused-ring (bicyclic) bond motifs is 1. The van der Waals surface area contributed by atoms with Crippen molar-refractivity contribution in [3.63, 3.8) is 0 Å². The summed E-state index contributed by atoms with van der Waals surface area (Å²) in [6.45, 7) is 1.91. The molecule has 1 aliphatic heterocycles. The van der Waals surface area contributed by atoms with Crippen LogP contribution in [0.25, 0.3) is 0 Å². The van der Waals surface area contributed by atoms with Gasteiger partial charge in [-0.05, 0) is 25.0 Å². The third-order valence-electron chi connectivity index (χ3n) is 2.36. The maximum Gasteiger partial charge on any atom is 0.573 e. The van der Waals surface area contributed by atoms with Gasteiger partial charge in [-0.25, -0.2) is 0 Å². The van der Waals surface area contributed by atoms with Gasteiger partial charge in [0.05, 0.1) is 5.70 Å². The first-order valence-electron chi connectivity index (χ1n) is 4.84. The standard InChI is InChI=1S/C11H10F3NO/c1-7-4-8-2-3-9(16-11(12,13)14)5-10(8)15-6-7/h3-6,8H,2H2,1H3. The maximum absolute atomic E-state index is 12.0. The molecule has 0 fully saturated rings. The molecule has 86 valence electrons. The largest absolute Gasteiger partial charge is 0.573 e. The van der Waals surface area contributed by atoms with Crippen molar-refractivity contribution < 1.29 is 17.9 Å². The highest BCUT2D eigenvalue weighted by Crippen LogP contribution is 2.32. The monoisotopic (exact) mass is 229 g/mol. The minimum absolute atomic E-state index is 0.0746. The van der Waals surface area contributed by atoms with Crippen LogP contribution in [-0.2, 0) is 4.74 Å². The summed E-state index contributed by atoms with van der Waals surface area (Å²) in [4.78, 5) is 4.09. The SMILES string of the molecule is CC1=CC2CC=C(OC(F)(F)F)C=C2N=C1. The third-order valence-corrected chi connectivity index (χ3v) is 2.36. The van der Waals surface area contributed by atoms with Gasteiger partial charge in [0.15, 0.2) is 0 Å². The fourth-order valence-electron chi connectivity index (χ4n) is 1.70. The van der Waals surface area contributed by atoms with Crippen LogP contribution in [0.15, 0.2) is 40.2 Å². The molecule has 5 heteroatoms. The molecule has 0 N–H and O–H groups in total. The van der Waals surface area contributed by atoms with Gasteiger partial charge in [0, 0.05) is 18.2 Å². The number of nitrogens with zero attached hydrogens (tertiary/aromatic N) is 1. The molecule has 1 atom stereocenters. The molecule has 0 aromatic heterocycles. The Balaban J connectivity index is 2.14. The quantitative estimate of drug-likeness (QED) is 0.675. The number of hydrogen-bond acceptors (Lipinski definition) is 2. The average Bonchev–Trinajstić information content (AvgIpc) is 2.16. The molecular formula is C11H10F3NO. The van der Waals surface area contributed by atoms with E-state index in [1.54, 1.807) is 6.21 Å². The smallest absolute Gasteiger partial charge is 0.406 e. The summed E-state index contributed by atoms with van der Waals surface area (Å²) in [6.07, 6.45) is 2.25. The molecule has 1 heterocycles. The lowest BCUT2D eigenvalue weighted by Gasteiger charge is -2.21. The fraction of sp³-hybridized carbons (Fsp3) is 0.364. The molecular weight excluding hydrogens is 219 g/mol.